The van der Waals surface area contributed by atoms with Crippen LogP contribution in [0.15, 0.2) is 10.9 Å². The van der Waals surface area contributed by atoms with Crippen molar-refractivity contribution < 1.29 is 4.79 Å². The maximum atomic E-state index is 13.4. The van der Waals surface area contributed by atoms with Gasteiger partial charge in [0.05, 0.1) is 11.3 Å². The van der Waals surface area contributed by atoms with Gasteiger partial charge in [-0.05, 0) is 50.4 Å². The van der Waals surface area contributed by atoms with Crippen molar-refractivity contribution in [3.63, 3.8) is 0 Å². The van der Waals surface area contributed by atoms with Crippen molar-refractivity contribution in [3.05, 3.63) is 33.4 Å². The molecule has 1 spiro atoms. The van der Waals surface area contributed by atoms with E-state index in [1.165, 1.54) is 44.9 Å². The van der Waals surface area contributed by atoms with Crippen LogP contribution in [0.4, 0.5) is 0 Å². The Morgan fingerprint density at radius 3 is 2.55 bits per heavy atom. The van der Waals surface area contributed by atoms with Crippen LogP contribution in [0.25, 0.3) is 5.65 Å². The molecule has 5 aliphatic rings. The number of nitrogens with one attached hydrogen (secondary N) is 1. The van der Waals surface area contributed by atoms with Gasteiger partial charge in [-0.1, -0.05) is 19.3 Å². The summed E-state index contributed by atoms with van der Waals surface area (Å²) in [5.41, 5.74) is 4.22. The lowest BCUT2D eigenvalue weighted by atomic mass is 9.79. The fourth-order valence-corrected chi connectivity index (χ4v) is 7.32. The molecule has 33 heavy (non-hydrogen) atoms. The number of amides is 1. The molecule has 3 saturated carbocycles. The van der Waals surface area contributed by atoms with E-state index in [4.69, 9.17) is 4.98 Å². The Hall–Kier alpha value is -2.15. The number of H-pyrrole nitrogens is 1. The van der Waals surface area contributed by atoms with Crippen molar-refractivity contribution >= 4 is 11.6 Å². The van der Waals surface area contributed by atoms with Crippen LogP contribution < -0.4 is 5.56 Å². The number of hydrogen-bond acceptors (Lipinski definition) is 4. The Bertz CT molecular complexity index is 1150. The minimum Gasteiger partial charge on any atom is -0.342 e. The predicted molar refractivity (Wildman–Crippen MR) is 125 cm³/mol. The predicted octanol–water partition coefficient (Wildman–Crippen LogP) is 3.22. The molecule has 2 aliphatic heterocycles. The maximum absolute atomic E-state index is 13.4. The summed E-state index contributed by atoms with van der Waals surface area (Å²) in [4.78, 5) is 35.8. The molecule has 0 radical (unpaired) electrons. The molecule has 2 aromatic rings. The van der Waals surface area contributed by atoms with E-state index in [2.05, 4.69) is 21.0 Å². The van der Waals surface area contributed by atoms with Gasteiger partial charge in [0.25, 0.3) is 5.56 Å². The van der Waals surface area contributed by atoms with E-state index in [0.717, 1.165) is 74.5 Å². The Morgan fingerprint density at radius 1 is 1.06 bits per heavy atom. The zero-order chi connectivity index (χ0) is 22.2. The van der Waals surface area contributed by atoms with Crippen LogP contribution in [0.1, 0.15) is 87.1 Å². The minimum atomic E-state index is 0.0797. The number of nitrogens with zero attached hydrogens (tertiary/aromatic N) is 4. The fraction of sp³-hybridized carbons (Fsp3) is 0.731. The Labute approximate surface area is 194 Å². The number of hydrogen-bond donors (Lipinski definition) is 1. The summed E-state index contributed by atoms with van der Waals surface area (Å²) >= 11 is 0. The summed E-state index contributed by atoms with van der Waals surface area (Å²) in [6.45, 7) is 3.43. The first-order chi connectivity index (χ1) is 16.1. The van der Waals surface area contributed by atoms with Gasteiger partial charge in [0, 0.05) is 62.2 Å². The molecule has 1 atom stereocenters. The molecule has 4 heterocycles. The summed E-state index contributed by atoms with van der Waals surface area (Å²) in [6.07, 6.45) is 12.9. The van der Waals surface area contributed by atoms with E-state index < -0.39 is 0 Å². The van der Waals surface area contributed by atoms with Gasteiger partial charge in [0.2, 0.25) is 5.91 Å². The smallest absolute Gasteiger partial charge is 0.277 e. The van der Waals surface area contributed by atoms with Crippen LogP contribution in [-0.4, -0.2) is 56.0 Å². The molecule has 0 aromatic carbocycles. The molecule has 4 fully saturated rings. The number of piperidine rings is 1. The van der Waals surface area contributed by atoms with Crippen molar-refractivity contribution in [3.8, 4) is 0 Å². The van der Waals surface area contributed by atoms with Gasteiger partial charge in [0.1, 0.15) is 0 Å². The first-order valence-corrected chi connectivity index (χ1v) is 13.3. The van der Waals surface area contributed by atoms with E-state index >= 15 is 0 Å². The van der Waals surface area contributed by atoms with Crippen LogP contribution in [0.2, 0.25) is 0 Å². The fourth-order valence-electron chi connectivity index (χ4n) is 7.32. The Morgan fingerprint density at radius 2 is 1.85 bits per heavy atom. The second-order valence-corrected chi connectivity index (χ2v) is 11.5. The van der Waals surface area contributed by atoms with Gasteiger partial charge in [-0.15, -0.1) is 0 Å². The first-order valence-electron chi connectivity index (χ1n) is 13.3. The monoisotopic (exact) mass is 449 g/mol. The number of carbonyl (C=O) groups is 1. The Kier molecular flexibility index (Phi) is 4.55. The summed E-state index contributed by atoms with van der Waals surface area (Å²) in [5.74, 6) is 1.08. The highest BCUT2D eigenvalue weighted by Gasteiger charge is 2.61. The molecule has 1 amide bonds. The number of likely N-dealkylation sites (tertiary alicyclic amines) is 1. The van der Waals surface area contributed by atoms with Gasteiger partial charge >= 0.3 is 0 Å². The third kappa shape index (κ3) is 3.22. The van der Waals surface area contributed by atoms with Crippen molar-refractivity contribution in [2.75, 3.05) is 19.6 Å². The highest BCUT2D eigenvalue weighted by Crippen LogP contribution is 2.66. The highest BCUT2D eigenvalue weighted by atomic mass is 16.2. The van der Waals surface area contributed by atoms with Crippen molar-refractivity contribution in [1.82, 2.24) is 24.4 Å². The van der Waals surface area contributed by atoms with Crippen LogP contribution in [-0.2, 0) is 17.8 Å². The van der Waals surface area contributed by atoms with Crippen LogP contribution in [0.5, 0.6) is 0 Å². The average molecular weight is 450 g/mol. The highest BCUT2D eigenvalue weighted by molar-refractivity contribution is 5.83. The number of carbonyl (C=O) groups excluding carboxylic acids is 1. The van der Waals surface area contributed by atoms with E-state index in [1.807, 2.05) is 0 Å². The molecular formula is C26H35N5O2. The Balaban J connectivity index is 1.07. The number of rotatable bonds is 3. The molecule has 1 saturated heterocycles. The molecule has 3 aliphatic carbocycles. The summed E-state index contributed by atoms with van der Waals surface area (Å²) in [6, 6.07) is 2.72. The van der Waals surface area contributed by atoms with Gasteiger partial charge < -0.3 is 4.90 Å². The summed E-state index contributed by atoms with van der Waals surface area (Å²) < 4.78 is 1.67. The third-order valence-electron chi connectivity index (χ3n) is 9.74. The molecular weight excluding hydrogens is 414 g/mol. The third-order valence-corrected chi connectivity index (χ3v) is 9.74. The zero-order valence-electron chi connectivity index (χ0n) is 19.5. The summed E-state index contributed by atoms with van der Waals surface area (Å²) in [7, 11) is 0. The van der Waals surface area contributed by atoms with E-state index in [0.29, 0.717) is 29.2 Å². The average Bonchev–Trinajstić information content (AvgIpc) is 3.14. The quantitative estimate of drug-likeness (QED) is 0.781. The number of aromatic nitrogens is 3. The van der Waals surface area contributed by atoms with E-state index in [9.17, 15) is 9.59 Å². The van der Waals surface area contributed by atoms with Gasteiger partial charge in [-0.25, -0.2) is 9.50 Å². The van der Waals surface area contributed by atoms with Crippen LogP contribution in [0, 0.1) is 11.3 Å². The molecule has 7 nitrogen and oxygen atoms in total. The molecule has 0 bridgehead atoms. The van der Waals surface area contributed by atoms with Crippen molar-refractivity contribution in [2.24, 2.45) is 11.3 Å². The largest absolute Gasteiger partial charge is 0.342 e. The molecule has 7 rings (SSSR count). The van der Waals surface area contributed by atoms with Crippen LogP contribution >= 0.6 is 0 Å². The molecule has 176 valence electrons. The van der Waals surface area contributed by atoms with Gasteiger partial charge in [0.15, 0.2) is 5.65 Å². The van der Waals surface area contributed by atoms with Crippen molar-refractivity contribution in [1.29, 1.82) is 0 Å². The lowest BCUT2D eigenvalue weighted by Gasteiger charge is -2.33. The molecule has 7 heteroatoms. The minimum absolute atomic E-state index is 0.0797. The molecule has 1 N–H and O–H groups in total. The normalized spacial score (nSPS) is 27.8. The standard InChI is InChI=1S/C26H35N5O2/c32-24-19-16-30(18-4-1-2-5-18)13-8-21(19)27-23-14-22(28-31(23)24)17-6-11-29(12-7-17)25(33)20-15-26(20)9-3-10-26/h14,17-18,20,28H,1-13,15-16H2. The maximum Gasteiger partial charge on any atom is 0.277 e. The lowest BCUT2D eigenvalue weighted by molar-refractivity contribution is -0.135. The number of fused-ring (bicyclic) bond motifs is 2. The van der Waals surface area contributed by atoms with Crippen molar-refractivity contribution in [2.45, 2.75) is 89.1 Å². The summed E-state index contributed by atoms with van der Waals surface area (Å²) in [5, 5.41) is 3.40. The molecule has 2 aromatic heterocycles. The van der Waals surface area contributed by atoms with Gasteiger partial charge in [-0.3, -0.25) is 19.6 Å². The molecule has 1 unspecified atom stereocenters. The second-order valence-electron chi connectivity index (χ2n) is 11.5. The van der Waals surface area contributed by atoms with Crippen LogP contribution in [0.3, 0.4) is 0 Å². The number of aromatic amines is 1. The van der Waals surface area contributed by atoms with Gasteiger partial charge in [-0.2, -0.15) is 0 Å². The zero-order valence-corrected chi connectivity index (χ0v) is 19.5. The first kappa shape index (κ1) is 20.2. The van der Waals surface area contributed by atoms with E-state index in [-0.39, 0.29) is 5.56 Å². The second kappa shape index (κ2) is 7.42. The lowest BCUT2D eigenvalue weighted by Crippen LogP contribution is -2.41. The van der Waals surface area contributed by atoms with E-state index in [1.54, 1.807) is 4.52 Å². The SMILES string of the molecule is O=C(C1CC12CCC2)N1CCC(c2cc3nc4c(c(=O)n3[nH]2)CN(C2CCCC2)CC4)CC1. The topological polar surface area (TPSA) is 73.7 Å².